The molecule has 4 rings (SSSR count). The number of rotatable bonds is 1. The molecule has 0 aromatic rings. The Bertz CT molecular complexity index is 648. The van der Waals surface area contributed by atoms with E-state index >= 15 is 0 Å². The summed E-state index contributed by atoms with van der Waals surface area (Å²) in [5.41, 5.74) is 3.78. The van der Waals surface area contributed by atoms with E-state index in [-0.39, 0.29) is 23.7 Å². The molecule has 0 aromatic carbocycles. The zero-order valence-electron chi connectivity index (χ0n) is 11.9. The second-order valence-electron chi connectivity index (χ2n) is 6.25. The quantitative estimate of drug-likeness (QED) is 0.803. The van der Waals surface area contributed by atoms with Crippen LogP contribution in [-0.2, 0) is 9.59 Å². The molecule has 0 spiro atoms. The van der Waals surface area contributed by atoms with Crippen molar-refractivity contribution in [3.8, 4) is 0 Å². The van der Waals surface area contributed by atoms with E-state index in [1.54, 1.807) is 0 Å². The van der Waals surface area contributed by atoms with Crippen LogP contribution in [0.4, 0.5) is 0 Å². The minimum atomic E-state index is -0.0235. The number of nitrogens with zero attached hydrogens (tertiary/aromatic N) is 1. The summed E-state index contributed by atoms with van der Waals surface area (Å²) in [6.07, 6.45) is 11.9. The van der Waals surface area contributed by atoms with Crippen LogP contribution in [0.15, 0.2) is 40.1 Å². The first-order valence-corrected chi connectivity index (χ1v) is 7.78. The van der Waals surface area contributed by atoms with Crippen molar-refractivity contribution in [3.05, 3.63) is 35.1 Å². The number of fused-ring (bicyclic) bond motifs is 2. The number of aliphatic imine (C=N–C) groups is 1. The van der Waals surface area contributed by atoms with Crippen molar-refractivity contribution < 1.29 is 9.59 Å². The molecule has 4 aliphatic rings. The molecule has 2 amide bonds. The second kappa shape index (κ2) is 4.79. The molecule has 1 aliphatic heterocycles. The Hall–Kier alpha value is -1.97. The largest absolute Gasteiger partial charge is 0.325 e. The summed E-state index contributed by atoms with van der Waals surface area (Å²) in [5, 5.41) is 2.99. The van der Waals surface area contributed by atoms with Crippen molar-refractivity contribution in [2.45, 2.75) is 38.5 Å². The van der Waals surface area contributed by atoms with E-state index in [1.807, 2.05) is 12.2 Å². The third-order valence-corrected chi connectivity index (χ3v) is 4.68. The normalized spacial score (nSPS) is 29.7. The smallest absolute Gasteiger partial charge is 0.251 e. The predicted molar refractivity (Wildman–Crippen MR) is 79.5 cm³/mol. The number of hydrogen-bond acceptors (Lipinski definition) is 2. The molecule has 1 atom stereocenters. The molecule has 1 N–H and O–H groups in total. The minimum Gasteiger partial charge on any atom is -0.325 e. The Labute approximate surface area is 123 Å². The Kier molecular flexibility index (Phi) is 2.91. The number of hydrogen-bond donors (Lipinski definition) is 1. The molecular weight excluding hydrogens is 264 g/mol. The Morgan fingerprint density at radius 2 is 2.05 bits per heavy atom. The number of amides is 2. The maximum Gasteiger partial charge on any atom is 0.251 e. The molecule has 21 heavy (non-hydrogen) atoms. The fourth-order valence-electron chi connectivity index (χ4n) is 3.37. The van der Waals surface area contributed by atoms with Crippen molar-refractivity contribution in [2.75, 3.05) is 0 Å². The Morgan fingerprint density at radius 1 is 1.24 bits per heavy atom. The van der Waals surface area contributed by atoms with Crippen LogP contribution < -0.4 is 5.32 Å². The topological polar surface area (TPSA) is 58.5 Å². The van der Waals surface area contributed by atoms with Gasteiger partial charge in [-0.1, -0.05) is 6.08 Å². The summed E-state index contributed by atoms with van der Waals surface area (Å²) in [7, 11) is 0. The molecule has 4 nitrogen and oxygen atoms in total. The summed E-state index contributed by atoms with van der Waals surface area (Å²) in [6, 6.07) is 0. The number of nitrogens with one attached hydrogen (secondary N) is 1. The highest BCUT2D eigenvalue weighted by atomic mass is 16.2. The van der Waals surface area contributed by atoms with Gasteiger partial charge in [0.05, 0.1) is 5.71 Å². The van der Waals surface area contributed by atoms with Gasteiger partial charge < -0.3 is 5.32 Å². The van der Waals surface area contributed by atoms with E-state index in [1.165, 1.54) is 5.57 Å². The molecule has 1 unspecified atom stereocenters. The Balaban J connectivity index is 1.65. The molecule has 3 aliphatic carbocycles. The summed E-state index contributed by atoms with van der Waals surface area (Å²) in [4.78, 5) is 28.1. The third-order valence-electron chi connectivity index (χ3n) is 4.68. The van der Waals surface area contributed by atoms with Gasteiger partial charge in [0, 0.05) is 23.1 Å². The highest BCUT2D eigenvalue weighted by Gasteiger charge is 2.33. The van der Waals surface area contributed by atoms with Crippen LogP contribution in [0.3, 0.4) is 0 Å². The maximum atomic E-state index is 12.2. The van der Waals surface area contributed by atoms with Crippen LogP contribution >= 0.6 is 0 Å². The van der Waals surface area contributed by atoms with Crippen LogP contribution in [0.1, 0.15) is 38.5 Å². The minimum absolute atomic E-state index is 0.0235. The first-order valence-electron chi connectivity index (χ1n) is 7.78. The SMILES string of the molecule is O=C1NC2=CC(=NC(=O)C3CC3)C=CC2C2=C1CCCC2. The van der Waals surface area contributed by atoms with E-state index in [9.17, 15) is 9.59 Å². The lowest BCUT2D eigenvalue weighted by molar-refractivity contribution is -0.119. The van der Waals surface area contributed by atoms with E-state index in [2.05, 4.69) is 16.4 Å². The summed E-state index contributed by atoms with van der Waals surface area (Å²) in [6.45, 7) is 0. The fourth-order valence-corrected chi connectivity index (χ4v) is 3.37. The molecular formula is C17H18N2O2. The molecule has 0 aromatic heterocycles. The van der Waals surface area contributed by atoms with Crippen LogP contribution in [0.25, 0.3) is 0 Å². The van der Waals surface area contributed by atoms with Gasteiger partial charge in [0.1, 0.15) is 0 Å². The Morgan fingerprint density at radius 3 is 2.86 bits per heavy atom. The lowest BCUT2D eigenvalue weighted by Gasteiger charge is -2.33. The number of carbonyl (C=O) groups excluding carboxylic acids is 2. The van der Waals surface area contributed by atoms with Crippen molar-refractivity contribution in [3.63, 3.8) is 0 Å². The third kappa shape index (κ3) is 2.28. The van der Waals surface area contributed by atoms with E-state index in [0.29, 0.717) is 5.71 Å². The molecule has 0 radical (unpaired) electrons. The molecule has 0 saturated heterocycles. The van der Waals surface area contributed by atoms with Gasteiger partial charge >= 0.3 is 0 Å². The second-order valence-corrected chi connectivity index (χ2v) is 6.25. The zero-order chi connectivity index (χ0) is 14.4. The van der Waals surface area contributed by atoms with E-state index in [4.69, 9.17) is 0 Å². The lowest BCUT2D eigenvalue weighted by Crippen LogP contribution is -2.37. The molecule has 108 valence electrons. The lowest BCUT2D eigenvalue weighted by atomic mass is 9.77. The summed E-state index contributed by atoms with van der Waals surface area (Å²) in [5.74, 6) is 0.323. The molecule has 1 fully saturated rings. The van der Waals surface area contributed by atoms with Gasteiger partial charge in [-0.05, 0) is 56.3 Å². The standard InChI is InChI=1S/C17H18N2O2/c20-16(10-5-6-10)18-11-7-8-13-12-3-1-2-4-14(12)17(21)19-15(13)9-11/h7-10,13H,1-6H2,(H,19,21). The first kappa shape index (κ1) is 12.7. The number of carbonyl (C=O) groups is 2. The molecule has 0 bridgehead atoms. The van der Waals surface area contributed by atoms with E-state index < -0.39 is 0 Å². The molecule has 1 heterocycles. The highest BCUT2D eigenvalue weighted by Crippen LogP contribution is 2.38. The van der Waals surface area contributed by atoms with Gasteiger partial charge in [0.15, 0.2) is 0 Å². The van der Waals surface area contributed by atoms with Crippen LogP contribution in [0.2, 0.25) is 0 Å². The van der Waals surface area contributed by atoms with Gasteiger partial charge in [-0.3, -0.25) is 9.59 Å². The summed E-state index contributed by atoms with van der Waals surface area (Å²) < 4.78 is 0. The van der Waals surface area contributed by atoms with Crippen LogP contribution in [-0.4, -0.2) is 17.5 Å². The monoisotopic (exact) mass is 282 g/mol. The average Bonchev–Trinajstić information content (AvgIpc) is 3.32. The van der Waals surface area contributed by atoms with E-state index in [0.717, 1.165) is 49.8 Å². The molecule has 4 heteroatoms. The first-order chi connectivity index (χ1) is 10.2. The van der Waals surface area contributed by atoms with Gasteiger partial charge in [-0.15, -0.1) is 0 Å². The van der Waals surface area contributed by atoms with Gasteiger partial charge in [-0.2, -0.15) is 0 Å². The average molecular weight is 282 g/mol. The fraction of sp³-hybridized carbons (Fsp3) is 0.471. The van der Waals surface area contributed by atoms with Gasteiger partial charge in [-0.25, -0.2) is 4.99 Å². The van der Waals surface area contributed by atoms with Crippen molar-refractivity contribution >= 4 is 17.5 Å². The predicted octanol–water partition coefficient (Wildman–Crippen LogP) is 2.43. The maximum absolute atomic E-state index is 12.2. The van der Waals surface area contributed by atoms with Crippen LogP contribution in [0, 0.1) is 11.8 Å². The van der Waals surface area contributed by atoms with Crippen molar-refractivity contribution in [1.82, 2.24) is 5.32 Å². The summed E-state index contributed by atoms with van der Waals surface area (Å²) >= 11 is 0. The van der Waals surface area contributed by atoms with Crippen molar-refractivity contribution in [2.24, 2.45) is 16.8 Å². The van der Waals surface area contributed by atoms with Gasteiger partial charge in [0.25, 0.3) is 5.91 Å². The van der Waals surface area contributed by atoms with Crippen molar-refractivity contribution in [1.29, 1.82) is 0 Å². The molecule has 1 saturated carbocycles. The van der Waals surface area contributed by atoms with Crippen LogP contribution in [0.5, 0.6) is 0 Å². The highest BCUT2D eigenvalue weighted by molar-refractivity contribution is 6.12. The zero-order valence-corrected chi connectivity index (χ0v) is 11.9. The van der Waals surface area contributed by atoms with Gasteiger partial charge in [0.2, 0.25) is 5.91 Å². The number of allylic oxidation sites excluding steroid dienone is 3.